The minimum absolute atomic E-state index is 0.0673. The van der Waals surface area contributed by atoms with Crippen LogP contribution in [-0.4, -0.2) is 31.8 Å². The molecule has 0 saturated heterocycles. The van der Waals surface area contributed by atoms with Crippen molar-refractivity contribution < 1.29 is 9.59 Å². The maximum absolute atomic E-state index is 12.6. The molecule has 7 nitrogen and oxygen atoms in total. The standard InChI is InChI=1S/C19H25N5O2S/c1-3-24-17(10-9-16(20)25)22-23-19(24)27-12(2)18(26)21-15-8-7-13-5-4-6-14(13)11-15/h7-8,11-12H,3-6,9-10H2,1-2H3,(H2,20,25)(H,21,26)/t12-/m1/s1. The zero-order valence-electron chi connectivity index (χ0n) is 15.7. The lowest BCUT2D eigenvalue weighted by molar-refractivity contribution is -0.118. The third-order valence-corrected chi connectivity index (χ3v) is 5.80. The van der Waals surface area contributed by atoms with Crippen LogP contribution in [0, 0.1) is 0 Å². The molecule has 0 unspecified atom stereocenters. The number of nitrogens with two attached hydrogens (primary N) is 1. The number of carbonyl (C=O) groups is 2. The average Bonchev–Trinajstić information content (AvgIpc) is 3.25. The first kappa shape index (κ1) is 19.4. The molecule has 2 aromatic rings. The molecule has 1 heterocycles. The van der Waals surface area contributed by atoms with Crippen LogP contribution in [0.1, 0.15) is 43.6 Å². The highest BCUT2D eigenvalue weighted by Crippen LogP contribution is 2.27. The first-order valence-electron chi connectivity index (χ1n) is 9.27. The minimum Gasteiger partial charge on any atom is -0.370 e. The lowest BCUT2D eigenvalue weighted by atomic mass is 10.1. The monoisotopic (exact) mass is 387 g/mol. The maximum Gasteiger partial charge on any atom is 0.237 e. The lowest BCUT2D eigenvalue weighted by Crippen LogP contribution is -2.23. The first-order valence-corrected chi connectivity index (χ1v) is 10.2. The van der Waals surface area contributed by atoms with E-state index in [0.29, 0.717) is 23.9 Å². The van der Waals surface area contributed by atoms with Gasteiger partial charge in [0.15, 0.2) is 5.16 Å². The van der Waals surface area contributed by atoms with Crippen molar-refractivity contribution in [3.8, 4) is 0 Å². The highest BCUT2D eigenvalue weighted by Gasteiger charge is 2.20. The van der Waals surface area contributed by atoms with Gasteiger partial charge in [-0.25, -0.2) is 0 Å². The Morgan fingerprint density at radius 2 is 2.07 bits per heavy atom. The zero-order chi connectivity index (χ0) is 19.4. The van der Waals surface area contributed by atoms with E-state index in [1.807, 2.05) is 24.5 Å². The second-order valence-electron chi connectivity index (χ2n) is 6.70. The van der Waals surface area contributed by atoms with Crippen LogP contribution in [0.3, 0.4) is 0 Å². The molecular formula is C19H25N5O2S. The molecule has 0 fully saturated rings. The molecule has 0 spiro atoms. The summed E-state index contributed by atoms with van der Waals surface area (Å²) >= 11 is 1.36. The molecule has 1 aromatic heterocycles. The number of hydrogen-bond acceptors (Lipinski definition) is 5. The van der Waals surface area contributed by atoms with E-state index < -0.39 is 0 Å². The van der Waals surface area contributed by atoms with Gasteiger partial charge in [0.2, 0.25) is 11.8 Å². The van der Waals surface area contributed by atoms with E-state index in [4.69, 9.17) is 5.73 Å². The van der Waals surface area contributed by atoms with Crippen LogP contribution >= 0.6 is 11.8 Å². The topological polar surface area (TPSA) is 103 Å². The Hall–Kier alpha value is -2.35. The molecule has 1 aliphatic carbocycles. The molecule has 2 amide bonds. The van der Waals surface area contributed by atoms with Crippen LogP contribution in [0.15, 0.2) is 23.4 Å². The summed E-state index contributed by atoms with van der Waals surface area (Å²) in [6, 6.07) is 6.15. The van der Waals surface area contributed by atoms with Crippen molar-refractivity contribution in [2.24, 2.45) is 5.73 Å². The lowest BCUT2D eigenvalue weighted by Gasteiger charge is -2.13. The summed E-state index contributed by atoms with van der Waals surface area (Å²) < 4.78 is 1.92. The van der Waals surface area contributed by atoms with Crippen LogP contribution in [-0.2, 0) is 35.4 Å². The zero-order valence-corrected chi connectivity index (χ0v) is 16.5. The molecule has 0 saturated carbocycles. The number of rotatable bonds is 8. The van der Waals surface area contributed by atoms with Crippen molar-refractivity contribution >= 4 is 29.3 Å². The summed E-state index contributed by atoms with van der Waals surface area (Å²) in [6.45, 7) is 4.50. The van der Waals surface area contributed by atoms with Crippen molar-refractivity contribution in [1.29, 1.82) is 0 Å². The summed E-state index contributed by atoms with van der Waals surface area (Å²) in [5, 5.41) is 11.7. The largest absolute Gasteiger partial charge is 0.370 e. The average molecular weight is 388 g/mol. The smallest absolute Gasteiger partial charge is 0.237 e. The van der Waals surface area contributed by atoms with Crippen molar-refractivity contribution in [1.82, 2.24) is 14.8 Å². The van der Waals surface area contributed by atoms with E-state index in [9.17, 15) is 9.59 Å². The van der Waals surface area contributed by atoms with Gasteiger partial charge in [0.05, 0.1) is 5.25 Å². The number of thioether (sulfide) groups is 1. The Morgan fingerprint density at radius 3 is 2.81 bits per heavy atom. The number of primary amides is 1. The van der Waals surface area contributed by atoms with Gasteiger partial charge < -0.3 is 15.6 Å². The van der Waals surface area contributed by atoms with Crippen LogP contribution < -0.4 is 11.1 Å². The number of benzene rings is 1. The fraction of sp³-hybridized carbons (Fsp3) is 0.474. The Balaban J connectivity index is 1.63. The number of carbonyl (C=O) groups excluding carboxylic acids is 2. The number of amides is 2. The summed E-state index contributed by atoms with van der Waals surface area (Å²) in [6.07, 6.45) is 4.07. The quantitative estimate of drug-likeness (QED) is 0.677. The fourth-order valence-electron chi connectivity index (χ4n) is 3.25. The molecule has 3 rings (SSSR count). The van der Waals surface area contributed by atoms with E-state index in [1.54, 1.807) is 0 Å². The van der Waals surface area contributed by atoms with Gasteiger partial charge in [-0.2, -0.15) is 0 Å². The van der Waals surface area contributed by atoms with Crippen molar-refractivity contribution in [3.05, 3.63) is 35.2 Å². The van der Waals surface area contributed by atoms with Gasteiger partial charge in [-0.05, 0) is 56.4 Å². The summed E-state index contributed by atoms with van der Waals surface area (Å²) in [5.41, 5.74) is 8.77. The Morgan fingerprint density at radius 1 is 1.30 bits per heavy atom. The molecule has 144 valence electrons. The Kier molecular flexibility index (Phi) is 6.15. The second-order valence-corrected chi connectivity index (χ2v) is 8.00. The summed E-state index contributed by atoms with van der Waals surface area (Å²) in [4.78, 5) is 23.6. The highest BCUT2D eigenvalue weighted by atomic mass is 32.2. The normalized spacial score (nSPS) is 14.0. The number of nitrogens with one attached hydrogen (secondary N) is 1. The van der Waals surface area contributed by atoms with Crippen LogP contribution in [0.4, 0.5) is 5.69 Å². The van der Waals surface area contributed by atoms with Gasteiger partial charge in [0, 0.05) is 25.1 Å². The van der Waals surface area contributed by atoms with Gasteiger partial charge in [0.25, 0.3) is 0 Å². The first-order chi connectivity index (χ1) is 13.0. The van der Waals surface area contributed by atoms with Crippen molar-refractivity contribution in [3.63, 3.8) is 0 Å². The number of fused-ring (bicyclic) bond motifs is 1. The number of nitrogens with zero attached hydrogens (tertiary/aromatic N) is 3. The molecule has 0 aliphatic heterocycles. The van der Waals surface area contributed by atoms with Crippen molar-refractivity contribution in [2.75, 3.05) is 5.32 Å². The molecule has 0 bridgehead atoms. The molecule has 0 radical (unpaired) electrons. The molecule has 1 aliphatic rings. The molecule has 1 aromatic carbocycles. The number of hydrogen-bond donors (Lipinski definition) is 2. The van der Waals surface area contributed by atoms with Crippen LogP contribution in [0.25, 0.3) is 0 Å². The van der Waals surface area contributed by atoms with Gasteiger partial charge in [-0.15, -0.1) is 10.2 Å². The van der Waals surface area contributed by atoms with E-state index in [1.165, 1.54) is 29.3 Å². The van der Waals surface area contributed by atoms with Gasteiger partial charge in [0.1, 0.15) is 5.82 Å². The number of aromatic nitrogens is 3. The van der Waals surface area contributed by atoms with Gasteiger partial charge in [-0.3, -0.25) is 9.59 Å². The number of anilines is 1. The molecular weight excluding hydrogens is 362 g/mol. The van der Waals surface area contributed by atoms with E-state index in [0.717, 1.165) is 18.5 Å². The Bertz CT molecular complexity index is 849. The second kappa shape index (κ2) is 8.56. The number of aryl methyl sites for hydroxylation is 3. The maximum atomic E-state index is 12.6. The molecule has 8 heteroatoms. The predicted molar refractivity (Wildman–Crippen MR) is 106 cm³/mol. The highest BCUT2D eigenvalue weighted by molar-refractivity contribution is 8.00. The molecule has 1 atom stereocenters. The SMILES string of the molecule is CCn1c(CCC(N)=O)nnc1S[C@H](C)C(=O)Nc1ccc2c(c1)CCC2. The van der Waals surface area contributed by atoms with E-state index in [2.05, 4.69) is 27.6 Å². The van der Waals surface area contributed by atoms with E-state index in [-0.39, 0.29) is 23.5 Å². The molecule has 27 heavy (non-hydrogen) atoms. The molecule has 3 N–H and O–H groups in total. The van der Waals surface area contributed by atoms with Crippen LogP contribution in [0.2, 0.25) is 0 Å². The third-order valence-electron chi connectivity index (χ3n) is 4.72. The van der Waals surface area contributed by atoms with Gasteiger partial charge in [-0.1, -0.05) is 17.8 Å². The van der Waals surface area contributed by atoms with Crippen molar-refractivity contribution in [2.45, 2.75) is 62.9 Å². The fourth-order valence-corrected chi connectivity index (χ4v) is 4.18. The van der Waals surface area contributed by atoms with E-state index >= 15 is 0 Å². The van der Waals surface area contributed by atoms with Crippen LogP contribution in [0.5, 0.6) is 0 Å². The van der Waals surface area contributed by atoms with Gasteiger partial charge >= 0.3 is 0 Å². The summed E-state index contributed by atoms with van der Waals surface area (Å²) in [5.74, 6) is 0.282. The Labute approximate surface area is 163 Å². The third kappa shape index (κ3) is 4.68. The minimum atomic E-state index is -0.364. The summed E-state index contributed by atoms with van der Waals surface area (Å²) in [7, 11) is 0. The predicted octanol–water partition coefficient (Wildman–Crippen LogP) is 2.32.